The number of furan rings is 1. The van der Waals surface area contributed by atoms with E-state index in [2.05, 4.69) is 19.2 Å². The lowest BCUT2D eigenvalue weighted by atomic mass is 9.88. The largest absolute Gasteiger partial charge is 0.481 e. The van der Waals surface area contributed by atoms with E-state index in [1.807, 2.05) is 0 Å². The molecule has 1 aromatic heterocycles. The van der Waals surface area contributed by atoms with Gasteiger partial charge in [0, 0.05) is 13.0 Å². The fraction of sp³-hybridized carbons (Fsp3) is 0.600. The molecule has 20 heavy (non-hydrogen) atoms. The van der Waals surface area contributed by atoms with E-state index < -0.39 is 5.97 Å². The van der Waals surface area contributed by atoms with Crippen molar-refractivity contribution in [2.75, 3.05) is 6.54 Å². The first-order valence-electron chi connectivity index (χ1n) is 6.96. The quantitative estimate of drug-likeness (QED) is 0.768. The van der Waals surface area contributed by atoms with Crippen LogP contribution >= 0.6 is 0 Å². The maximum Gasteiger partial charge on any atom is 0.303 e. The normalized spacial score (nSPS) is 12.4. The smallest absolute Gasteiger partial charge is 0.303 e. The van der Waals surface area contributed by atoms with E-state index in [1.165, 1.54) is 0 Å². The highest BCUT2D eigenvalue weighted by atomic mass is 16.4. The number of amides is 1. The van der Waals surface area contributed by atoms with Gasteiger partial charge in [0.05, 0.1) is 0 Å². The van der Waals surface area contributed by atoms with Gasteiger partial charge in [0.1, 0.15) is 5.76 Å². The summed E-state index contributed by atoms with van der Waals surface area (Å²) < 4.78 is 5.24. The van der Waals surface area contributed by atoms with E-state index in [0.29, 0.717) is 36.3 Å². The molecular weight excluding hydrogens is 258 g/mol. The summed E-state index contributed by atoms with van der Waals surface area (Å²) in [5.74, 6) is 0.720. The zero-order valence-electron chi connectivity index (χ0n) is 12.3. The lowest BCUT2D eigenvalue weighted by Crippen LogP contribution is -2.26. The molecule has 5 nitrogen and oxygen atoms in total. The van der Waals surface area contributed by atoms with Gasteiger partial charge >= 0.3 is 5.97 Å². The summed E-state index contributed by atoms with van der Waals surface area (Å²) in [6, 6.07) is 3.40. The van der Waals surface area contributed by atoms with Crippen LogP contribution in [0, 0.1) is 18.8 Å². The standard InChI is InChI=1S/C15H23NO4/c1-10(2)12(5-7-14(17)18)8-9-16-15(19)13-6-4-11(3)20-13/h4,6,10,12H,5,7-9H2,1-3H3,(H,16,19)(H,17,18). The molecule has 5 heteroatoms. The zero-order chi connectivity index (χ0) is 15.1. The number of hydrogen-bond donors (Lipinski definition) is 2. The first kappa shape index (κ1) is 16.3. The zero-order valence-corrected chi connectivity index (χ0v) is 12.3. The van der Waals surface area contributed by atoms with Crippen LogP contribution in [0.1, 0.15) is 49.4 Å². The Morgan fingerprint density at radius 1 is 1.30 bits per heavy atom. The van der Waals surface area contributed by atoms with Gasteiger partial charge in [0.25, 0.3) is 5.91 Å². The van der Waals surface area contributed by atoms with E-state index in [-0.39, 0.29) is 12.3 Å². The summed E-state index contributed by atoms with van der Waals surface area (Å²) in [5.41, 5.74) is 0. The Labute approximate surface area is 119 Å². The molecule has 0 fully saturated rings. The monoisotopic (exact) mass is 281 g/mol. The summed E-state index contributed by atoms with van der Waals surface area (Å²) in [5, 5.41) is 11.5. The molecule has 0 aliphatic rings. The molecule has 112 valence electrons. The van der Waals surface area contributed by atoms with Crippen LogP contribution in [0.25, 0.3) is 0 Å². The second kappa shape index (κ2) is 7.72. The maximum atomic E-state index is 11.8. The maximum absolute atomic E-state index is 11.8. The van der Waals surface area contributed by atoms with Gasteiger partial charge in [-0.3, -0.25) is 9.59 Å². The molecule has 0 saturated carbocycles. The molecule has 1 atom stereocenters. The van der Waals surface area contributed by atoms with Crippen LogP contribution in [0.15, 0.2) is 16.5 Å². The van der Waals surface area contributed by atoms with Crippen LogP contribution in [-0.4, -0.2) is 23.5 Å². The highest BCUT2D eigenvalue weighted by Crippen LogP contribution is 2.20. The minimum Gasteiger partial charge on any atom is -0.481 e. The second-order valence-corrected chi connectivity index (χ2v) is 5.39. The third-order valence-electron chi connectivity index (χ3n) is 3.44. The van der Waals surface area contributed by atoms with Crippen molar-refractivity contribution in [3.8, 4) is 0 Å². The molecule has 0 spiro atoms. The van der Waals surface area contributed by atoms with Gasteiger partial charge in [0.2, 0.25) is 0 Å². The van der Waals surface area contributed by atoms with Crippen LogP contribution < -0.4 is 5.32 Å². The van der Waals surface area contributed by atoms with E-state index in [1.54, 1.807) is 19.1 Å². The Bertz CT molecular complexity index is 450. The number of carbonyl (C=O) groups is 2. The van der Waals surface area contributed by atoms with Crippen LogP contribution in [0.2, 0.25) is 0 Å². The average Bonchev–Trinajstić information content (AvgIpc) is 2.79. The summed E-state index contributed by atoms with van der Waals surface area (Å²) in [6.07, 6.45) is 1.59. The Morgan fingerprint density at radius 2 is 2.00 bits per heavy atom. The van der Waals surface area contributed by atoms with Gasteiger partial charge in [-0.15, -0.1) is 0 Å². The number of carboxylic acids is 1. The second-order valence-electron chi connectivity index (χ2n) is 5.39. The van der Waals surface area contributed by atoms with Crippen LogP contribution in [0.4, 0.5) is 0 Å². The first-order chi connectivity index (χ1) is 9.40. The Balaban J connectivity index is 2.36. The number of aryl methyl sites for hydroxylation is 1. The van der Waals surface area contributed by atoms with Crippen molar-refractivity contribution in [1.82, 2.24) is 5.32 Å². The van der Waals surface area contributed by atoms with Crippen molar-refractivity contribution >= 4 is 11.9 Å². The van der Waals surface area contributed by atoms with Crippen molar-refractivity contribution in [3.63, 3.8) is 0 Å². The molecule has 1 aromatic rings. The molecule has 2 N–H and O–H groups in total. The van der Waals surface area contributed by atoms with Gasteiger partial charge < -0.3 is 14.8 Å². The highest BCUT2D eigenvalue weighted by molar-refractivity contribution is 5.91. The molecule has 1 unspecified atom stereocenters. The van der Waals surface area contributed by atoms with E-state index in [0.717, 1.165) is 6.42 Å². The van der Waals surface area contributed by atoms with Gasteiger partial charge in [0.15, 0.2) is 5.76 Å². The lowest BCUT2D eigenvalue weighted by molar-refractivity contribution is -0.137. The molecule has 1 heterocycles. The van der Waals surface area contributed by atoms with Crippen LogP contribution in [0.3, 0.4) is 0 Å². The predicted octanol–water partition coefficient (Wildman–Crippen LogP) is 2.84. The molecule has 1 rings (SSSR count). The molecular formula is C15H23NO4. The topological polar surface area (TPSA) is 79.5 Å². The minimum absolute atomic E-state index is 0.175. The van der Waals surface area contributed by atoms with Gasteiger partial charge in [-0.2, -0.15) is 0 Å². The van der Waals surface area contributed by atoms with E-state index in [9.17, 15) is 9.59 Å². The molecule has 0 aromatic carbocycles. The number of aliphatic carboxylic acids is 1. The minimum atomic E-state index is -0.772. The average molecular weight is 281 g/mol. The van der Waals surface area contributed by atoms with Gasteiger partial charge in [-0.05, 0) is 43.7 Å². The van der Waals surface area contributed by atoms with Crippen LogP contribution in [0.5, 0.6) is 0 Å². The van der Waals surface area contributed by atoms with Crippen molar-refractivity contribution in [2.45, 2.75) is 40.0 Å². The Morgan fingerprint density at radius 3 is 2.50 bits per heavy atom. The third-order valence-corrected chi connectivity index (χ3v) is 3.44. The van der Waals surface area contributed by atoms with Gasteiger partial charge in [-0.1, -0.05) is 13.8 Å². The fourth-order valence-electron chi connectivity index (χ4n) is 2.13. The fourth-order valence-corrected chi connectivity index (χ4v) is 2.13. The summed E-state index contributed by atoms with van der Waals surface area (Å²) in [6.45, 7) is 6.47. The summed E-state index contributed by atoms with van der Waals surface area (Å²) in [4.78, 5) is 22.4. The molecule has 0 bridgehead atoms. The summed E-state index contributed by atoms with van der Waals surface area (Å²) in [7, 11) is 0. The molecule has 1 amide bonds. The lowest BCUT2D eigenvalue weighted by Gasteiger charge is -2.20. The number of rotatable bonds is 8. The number of nitrogens with one attached hydrogen (secondary N) is 1. The third kappa shape index (κ3) is 5.47. The van der Waals surface area contributed by atoms with Crippen LogP contribution in [-0.2, 0) is 4.79 Å². The van der Waals surface area contributed by atoms with Crippen molar-refractivity contribution in [3.05, 3.63) is 23.7 Å². The highest BCUT2D eigenvalue weighted by Gasteiger charge is 2.16. The molecule has 0 saturated heterocycles. The first-order valence-corrected chi connectivity index (χ1v) is 6.96. The predicted molar refractivity (Wildman–Crippen MR) is 75.6 cm³/mol. The SMILES string of the molecule is Cc1ccc(C(=O)NCCC(CCC(=O)O)C(C)C)o1. The van der Waals surface area contributed by atoms with Crippen molar-refractivity contribution in [2.24, 2.45) is 11.8 Å². The molecule has 0 aliphatic carbocycles. The molecule has 0 aliphatic heterocycles. The summed E-state index contributed by atoms with van der Waals surface area (Å²) >= 11 is 0. The number of carbonyl (C=O) groups excluding carboxylic acids is 1. The number of carboxylic acid groups (broad SMARTS) is 1. The Kier molecular flexibility index (Phi) is 6.28. The van der Waals surface area contributed by atoms with Crippen molar-refractivity contribution in [1.29, 1.82) is 0 Å². The van der Waals surface area contributed by atoms with Gasteiger partial charge in [-0.25, -0.2) is 0 Å². The molecule has 0 radical (unpaired) electrons. The van der Waals surface area contributed by atoms with E-state index >= 15 is 0 Å². The van der Waals surface area contributed by atoms with E-state index in [4.69, 9.17) is 9.52 Å². The van der Waals surface area contributed by atoms with Crippen molar-refractivity contribution < 1.29 is 19.1 Å². The Hall–Kier alpha value is -1.78. The number of hydrogen-bond acceptors (Lipinski definition) is 3.